The van der Waals surface area contributed by atoms with Crippen LogP contribution in [0.3, 0.4) is 0 Å². The highest BCUT2D eigenvalue weighted by Crippen LogP contribution is 2.43. The Kier molecular flexibility index (Phi) is 2.79. The van der Waals surface area contributed by atoms with Crippen molar-refractivity contribution >= 4 is 11.7 Å². The van der Waals surface area contributed by atoms with Gasteiger partial charge in [0, 0.05) is 6.07 Å². The molecule has 0 saturated heterocycles. The molecule has 5 nitrogen and oxygen atoms in total. The van der Waals surface area contributed by atoms with Gasteiger partial charge in [-0.1, -0.05) is 0 Å². The van der Waals surface area contributed by atoms with Gasteiger partial charge in [0.15, 0.2) is 5.56 Å². The van der Waals surface area contributed by atoms with Crippen molar-refractivity contribution < 1.29 is 18.8 Å². The first-order valence-corrected chi connectivity index (χ1v) is 5.11. The van der Waals surface area contributed by atoms with Crippen molar-refractivity contribution in [2.75, 3.05) is 7.11 Å². The first kappa shape index (κ1) is 11.5. The van der Waals surface area contributed by atoms with Crippen LogP contribution < -0.4 is 0 Å². The molecule has 0 aliphatic heterocycles. The van der Waals surface area contributed by atoms with E-state index in [9.17, 15) is 19.3 Å². The van der Waals surface area contributed by atoms with Crippen LogP contribution in [0.1, 0.15) is 34.7 Å². The summed E-state index contributed by atoms with van der Waals surface area (Å²) in [5.41, 5.74) is -0.781. The highest BCUT2D eigenvalue weighted by atomic mass is 19.1. The van der Waals surface area contributed by atoms with Gasteiger partial charge in [-0.3, -0.25) is 10.1 Å². The summed E-state index contributed by atoms with van der Waals surface area (Å²) in [7, 11) is 1.06. The van der Waals surface area contributed by atoms with Crippen LogP contribution >= 0.6 is 0 Å². The van der Waals surface area contributed by atoms with Crippen molar-refractivity contribution in [1.82, 2.24) is 0 Å². The van der Waals surface area contributed by atoms with Gasteiger partial charge in [-0.15, -0.1) is 0 Å². The van der Waals surface area contributed by atoms with Crippen LogP contribution in [-0.2, 0) is 4.74 Å². The summed E-state index contributed by atoms with van der Waals surface area (Å²) >= 11 is 0. The molecule has 0 spiro atoms. The summed E-state index contributed by atoms with van der Waals surface area (Å²) in [5.74, 6) is -1.77. The molecule has 0 bridgehead atoms. The Balaban J connectivity index is 2.59. The minimum atomic E-state index is -1.02. The second kappa shape index (κ2) is 4.12. The summed E-state index contributed by atoms with van der Waals surface area (Å²) in [6.07, 6.45) is 1.69. The van der Waals surface area contributed by atoms with Crippen LogP contribution in [0.15, 0.2) is 12.1 Å². The highest BCUT2D eigenvalue weighted by Gasteiger charge is 2.33. The minimum absolute atomic E-state index is 0.0687. The fourth-order valence-electron chi connectivity index (χ4n) is 1.74. The first-order valence-electron chi connectivity index (χ1n) is 5.11. The third-order valence-corrected chi connectivity index (χ3v) is 2.75. The third kappa shape index (κ3) is 1.98. The summed E-state index contributed by atoms with van der Waals surface area (Å²) in [5, 5.41) is 10.7. The second-order valence-electron chi connectivity index (χ2n) is 3.89. The number of nitrogens with zero attached hydrogens (tertiary/aromatic N) is 1. The molecule has 1 saturated carbocycles. The van der Waals surface area contributed by atoms with Gasteiger partial charge in [0.1, 0.15) is 5.82 Å². The lowest BCUT2D eigenvalue weighted by molar-refractivity contribution is -0.385. The van der Waals surface area contributed by atoms with E-state index in [1.54, 1.807) is 0 Å². The predicted octanol–water partition coefficient (Wildman–Crippen LogP) is 2.40. The average Bonchev–Trinajstić information content (AvgIpc) is 3.11. The summed E-state index contributed by atoms with van der Waals surface area (Å²) in [6, 6.07) is 2.53. The zero-order valence-corrected chi connectivity index (χ0v) is 9.10. The lowest BCUT2D eigenvalue weighted by atomic mass is 10.0. The Hall–Kier alpha value is -1.98. The fourth-order valence-corrected chi connectivity index (χ4v) is 1.74. The Morgan fingerprint density at radius 3 is 2.65 bits per heavy atom. The Morgan fingerprint density at radius 2 is 2.18 bits per heavy atom. The van der Waals surface area contributed by atoms with E-state index in [4.69, 9.17) is 0 Å². The molecule has 0 N–H and O–H groups in total. The zero-order valence-electron chi connectivity index (χ0n) is 9.10. The number of ether oxygens (including phenoxy) is 1. The van der Waals surface area contributed by atoms with Crippen molar-refractivity contribution in [1.29, 1.82) is 0 Å². The Labute approximate surface area is 96.3 Å². The number of carbonyl (C=O) groups excluding carboxylic acids is 1. The molecule has 1 aromatic rings. The molecule has 0 atom stereocenters. The molecular weight excluding hydrogens is 229 g/mol. The standard InChI is InChI=1S/C11H10FNO4/c1-17-11(14)9-8(13(15)16)5-4-7(10(9)12)6-2-3-6/h4-6H,2-3H2,1H3. The molecule has 90 valence electrons. The van der Waals surface area contributed by atoms with Crippen molar-refractivity contribution in [2.45, 2.75) is 18.8 Å². The van der Waals surface area contributed by atoms with Gasteiger partial charge in [0.05, 0.1) is 12.0 Å². The summed E-state index contributed by atoms with van der Waals surface area (Å²) < 4.78 is 18.4. The van der Waals surface area contributed by atoms with Crippen molar-refractivity contribution in [3.8, 4) is 0 Å². The second-order valence-corrected chi connectivity index (χ2v) is 3.89. The van der Waals surface area contributed by atoms with E-state index in [0.717, 1.165) is 26.0 Å². The monoisotopic (exact) mass is 239 g/mol. The van der Waals surface area contributed by atoms with Gasteiger partial charge in [-0.25, -0.2) is 9.18 Å². The molecule has 2 rings (SSSR count). The van der Waals surface area contributed by atoms with Crippen molar-refractivity contribution in [2.24, 2.45) is 0 Å². The number of benzene rings is 1. The summed E-state index contributed by atoms with van der Waals surface area (Å²) in [4.78, 5) is 21.3. The molecule has 0 unspecified atom stereocenters. The van der Waals surface area contributed by atoms with E-state index in [-0.39, 0.29) is 5.92 Å². The lowest BCUT2D eigenvalue weighted by Gasteiger charge is -2.06. The minimum Gasteiger partial charge on any atom is -0.465 e. The van der Waals surface area contributed by atoms with Gasteiger partial charge in [-0.05, 0) is 30.4 Å². The molecule has 1 aromatic carbocycles. The van der Waals surface area contributed by atoms with Crippen LogP contribution in [-0.4, -0.2) is 18.0 Å². The van der Waals surface area contributed by atoms with E-state index in [1.807, 2.05) is 0 Å². The molecule has 6 heteroatoms. The number of nitro groups is 1. The largest absolute Gasteiger partial charge is 0.465 e. The molecule has 1 fully saturated rings. The van der Waals surface area contributed by atoms with Gasteiger partial charge in [-0.2, -0.15) is 0 Å². The topological polar surface area (TPSA) is 69.4 Å². The molecule has 0 radical (unpaired) electrons. The van der Waals surface area contributed by atoms with Crippen LogP contribution in [0.4, 0.5) is 10.1 Å². The summed E-state index contributed by atoms with van der Waals surface area (Å²) in [6.45, 7) is 0. The molecule has 0 heterocycles. The number of carbonyl (C=O) groups is 1. The molecule has 1 aliphatic rings. The number of rotatable bonds is 3. The smallest absolute Gasteiger partial charge is 0.347 e. The molecule has 0 amide bonds. The number of hydrogen-bond acceptors (Lipinski definition) is 4. The van der Waals surface area contributed by atoms with E-state index < -0.39 is 28.0 Å². The lowest BCUT2D eigenvalue weighted by Crippen LogP contribution is -2.10. The predicted molar refractivity (Wildman–Crippen MR) is 56.4 cm³/mol. The first-order chi connectivity index (χ1) is 8.06. The van der Waals surface area contributed by atoms with Crippen LogP contribution in [0.5, 0.6) is 0 Å². The van der Waals surface area contributed by atoms with E-state index in [0.29, 0.717) is 5.56 Å². The number of esters is 1. The maximum Gasteiger partial charge on any atom is 0.347 e. The molecular formula is C11H10FNO4. The van der Waals surface area contributed by atoms with Gasteiger partial charge < -0.3 is 4.74 Å². The van der Waals surface area contributed by atoms with E-state index >= 15 is 0 Å². The van der Waals surface area contributed by atoms with Crippen molar-refractivity contribution in [3.05, 3.63) is 39.2 Å². The van der Waals surface area contributed by atoms with Crippen LogP contribution in [0, 0.1) is 15.9 Å². The quantitative estimate of drug-likeness (QED) is 0.461. The third-order valence-electron chi connectivity index (χ3n) is 2.75. The normalized spacial score (nSPS) is 14.5. The Bertz CT molecular complexity index is 496. The maximum atomic E-state index is 14.0. The number of nitro benzene ring substituents is 1. The Morgan fingerprint density at radius 1 is 1.53 bits per heavy atom. The molecule has 1 aliphatic carbocycles. The van der Waals surface area contributed by atoms with Crippen molar-refractivity contribution in [3.63, 3.8) is 0 Å². The maximum absolute atomic E-state index is 14.0. The van der Waals surface area contributed by atoms with Gasteiger partial charge in [0.25, 0.3) is 5.69 Å². The number of methoxy groups -OCH3 is 1. The van der Waals surface area contributed by atoms with Crippen LogP contribution in [0.25, 0.3) is 0 Å². The SMILES string of the molecule is COC(=O)c1c([N+](=O)[O-])ccc(C2CC2)c1F. The zero-order chi connectivity index (χ0) is 12.6. The average molecular weight is 239 g/mol. The fraction of sp³-hybridized carbons (Fsp3) is 0.364. The highest BCUT2D eigenvalue weighted by molar-refractivity contribution is 5.94. The van der Waals surface area contributed by atoms with E-state index in [2.05, 4.69) is 4.74 Å². The van der Waals surface area contributed by atoms with Gasteiger partial charge in [0.2, 0.25) is 0 Å². The van der Waals surface area contributed by atoms with E-state index in [1.165, 1.54) is 6.07 Å². The van der Waals surface area contributed by atoms with Crippen LogP contribution in [0.2, 0.25) is 0 Å². The molecule has 0 aromatic heterocycles. The number of halogens is 1. The number of hydrogen-bond donors (Lipinski definition) is 0. The van der Waals surface area contributed by atoms with Gasteiger partial charge >= 0.3 is 5.97 Å². The molecule has 17 heavy (non-hydrogen) atoms.